The van der Waals surface area contributed by atoms with Crippen molar-refractivity contribution in [2.45, 2.75) is 10.6 Å². The van der Waals surface area contributed by atoms with Crippen LogP contribution in [0.4, 0.5) is 0 Å². The van der Waals surface area contributed by atoms with E-state index in [0.29, 0.717) is 0 Å². The van der Waals surface area contributed by atoms with E-state index < -0.39 is 19.9 Å². The summed E-state index contributed by atoms with van der Waals surface area (Å²) in [5.74, 6) is -0.341. The van der Waals surface area contributed by atoms with Crippen LogP contribution in [0.1, 0.15) is 5.56 Å². The Morgan fingerprint density at radius 2 is 1.72 bits per heavy atom. The normalized spacial score (nSPS) is 12.9. The van der Waals surface area contributed by atoms with Gasteiger partial charge in [0.25, 0.3) is 0 Å². The molecule has 1 aromatic carbocycles. The van der Waals surface area contributed by atoms with Crippen molar-refractivity contribution in [2.75, 3.05) is 20.4 Å². The van der Waals surface area contributed by atoms with E-state index in [1.807, 2.05) is 0 Å². The van der Waals surface area contributed by atoms with E-state index in [0.717, 1.165) is 10.6 Å². The predicted molar refractivity (Wildman–Crippen MR) is 70.9 cm³/mol. The molecule has 0 aliphatic heterocycles. The molecule has 1 rings (SSSR count). The molecule has 18 heavy (non-hydrogen) atoms. The lowest BCUT2D eigenvalue weighted by Crippen LogP contribution is -2.24. The van der Waals surface area contributed by atoms with Crippen LogP contribution in [0.5, 0.6) is 0 Å². The highest BCUT2D eigenvalue weighted by molar-refractivity contribution is 7.90. The molecule has 0 heterocycles. The van der Waals surface area contributed by atoms with E-state index in [2.05, 4.69) is 0 Å². The second-order valence-corrected chi connectivity index (χ2v) is 8.81. The lowest BCUT2D eigenvalue weighted by Gasteiger charge is -2.15. The van der Waals surface area contributed by atoms with E-state index in [4.69, 9.17) is 11.6 Å². The SMILES string of the molecule is CN(C)S(=O)(=O)c1cc(Cl)ccc1CS(C)(=O)=O. The summed E-state index contributed by atoms with van der Waals surface area (Å²) in [6, 6.07) is 4.15. The highest BCUT2D eigenvalue weighted by Crippen LogP contribution is 2.24. The van der Waals surface area contributed by atoms with Crippen molar-refractivity contribution < 1.29 is 16.8 Å². The topological polar surface area (TPSA) is 71.5 Å². The van der Waals surface area contributed by atoms with Crippen LogP contribution in [0, 0.1) is 0 Å². The van der Waals surface area contributed by atoms with Crippen molar-refractivity contribution >= 4 is 31.5 Å². The summed E-state index contributed by atoms with van der Waals surface area (Å²) in [6.45, 7) is 0. The molecule has 0 amide bonds. The van der Waals surface area contributed by atoms with Gasteiger partial charge in [-0.25, -0.2) is 21.1 Å². The minimum Gasteiger partial charge on any atom is -0.229 e. The van der Waals surface area contributed by atoms with Gasteiger partial charge in [0, 0.05) is 25.4 Å². The predicted octanol–water partition coefficient (Wildman–Crippen LogP) is 1.13. The molecule has 0 bridgehead atoms. The zero-order chi connectivity index (χ0) is 14.1. The number of halogens is 1. The van der Waals surface area contributed by atoms with Crippen LogP contribution in [-0.4, -0.2) is 41.5 Å². The van der Waals surface area contributed by atoms with Crippen molar-refractivity contribution in [3.05, 3.63) is 28.8 Å². The molecule has 0 unspecified atom stereocenters. The number of benzene rings is 1. The average Bonchev–Trinajstić information content (AvgIpc) is 2.18. The molecular formula is C10H14ClNO4S2. The van der Waals surface area contributed by atoms with Gasteiger partial charge in [-0.05, 0) is 17.7 Å². The van der Waals surface area contributed by atoms with Crippen LogP contribution in [-0.2, 0) is 25.6 Å². The lowest BCUT2D eigenvalue weighted by molar-refractivity contribution is 0.520. The number of hydrogen-bond acceptors (Lipinski definition) is 4. The number of hydrogen-bond donors (Lipinski definition) is 0. The number of sulfonamides is 1. The van der Waals surface area contributed by atoms with Crippen molar-refractivity contribution in [1.82, 2.24) is 4.31 Å². The molecule has 0 atom stereocenters. The largest absolute Gasteiger partial charge is 0.242 e. The highest BCUT2D eigenvalue weighted by atomic mass is 35.5. The number of sulfone groups is 1. The van der Waals surface area contributed by atoms with Gasteiger partial charge in [-0.2, -0.15) is 0 Å². The van der Waals surface area contributed by atoms with Crippen molar-refractivity contribution in [3.8, 4) is 0 Å². The minimum absolute atomic E-state index is 0.0783. The summed E-state index contributed by atoms with van der Waals surface area (Å²) in [5.41, 5.74) is 0.218. The van der Waals surface area contributed by atoms with Gasteiger partial charge in [-0.15, -0.1) is 0 Å². The van der Waals surface area contributed by atoms with Gasteiger partial charge in [0.15, 0.2) is 9.84 Å². The smallest absolute Gasteiger partial charge is 0.229 e. The third-order valence-corrected chi connectivity index (χ3v) is 5.17. The van der Waals surface area contributed by atoms with Gasteiger partial charge in [0.1, 0.15) is 0 Å². The van der Waals surface area contributed by atoms with Gasteiger partial charge in [-0.1, -0.05) is 17.7 Å². The fourth-order valence-corrected chi connectivity index (χ4v) is 3.65. The molecule has 0 radical (unpaired) electrons. The monoisotopic (exact) mass is 311 g/mol. The Hall–Kier alpha value is -0.630. The molecule has 0 spiro atoms. The summed E-state index contributed by atoms with van der Waals surface area (Å²) in [7, 11) is -4.29. The summed E-state index contributed by atoms with van der Waals surface area (Å²) >= 11 is 5.77. The molecule has 8 heteroatoms. The van der Waals surface area contributed by atoms with E-state index in [-0.39, 0.29) is 21.2 Å². The number of rotatable bonds is 4. The Bertz CT molecular complexity index is 650. The fourth-order valence-electron chi connectivity index (χ4n) is 1.37. The zero-order valence-corrected chi connectivity index (χ0v) is 12.6. The van der Waals surface area contributed by atoms with Crippen LogP contribution in [0.15, 0.2) is 23.1 Å². The Labute approximate surface area is 112 Å². The van der Waals surface area contributed by atoms with E-state index in [1.54, 1.807) is 0 Å². The van der Waals surface area contributed by atoms with Crippen LogP contribution >= 0.6 is 11.6 Å². The molecule has 0 N–H and O–H groups in total. The lowest BCUT2D eigenvalue weighted by atomic mass is 10.2. The maximum atomic E-state index is 12.1. The quantitative estimate of drug-likeness (QED) is 0.836. The maximum Gasteiger partial charge on any atom is 0.242 e. The standard InChI is InChI=1S/C10H14ClNO4S2/c1-12(2)18(15,16)10-6-9(11)5-4-8(10)7-17(3,13)14/h4-6H,7H2,1-3H3. The average molecular weight is 312 g/mol. The Morgan fingerprint density at radius 3 is 2.17 bits per heavy atom. The van der Waals surface area contributed by atoms with Crippen molar-refractivity contribution in [3.63, 3.8) is 0 Å². The second kappa shape index (κ2) is 5.16. The van der Waals surface area contributed by atoms with Gasteiger partial charge >= 0.3 is 0 Å². The van der Waals surface area contributed by atoms with Crippen LogP contribution in [0.25, 0.3) is 0 Å². The van der Waals surface area contributed by atoms with Crippen molar-refractivity contribution in [2.24, 2.45) is 0 Å². The first kappa shape index (κ1) is 15.4. The summed E-state index contributed by atoms with van der Waals surface area (Å²) in [6.07, 6.45) is 1.05. The number of nitrogens with zero attached hydrogens (tertiary/aromatic N) is 1. The molecule has 0 saturated carbocycles. The molecule has 0 aromatic heterocycles. The van der Waals surface area contributed by atoms with Crippen molar-refractivity contribution in [1.29, 1.82) is 0 Å². The molecule has 102 valence electrons. The van der Waals surface area contributed by atoms with Gasteiger partial charge < -0.3 is 0 Å². The first-order chi connectivity index (χ1) is 8.04. The van der Waals surface area contributed by atoms with E-state index in [1.165, 1.54) is 32.3 Å². The molecule has 0 saturated heterocycles. The molecule has 0 aliphatic rings. The van der Waals surface area contributed by atoms with Crippen LogP contribution in [0.3, 0.4) is 0 Å². The minimum atomic E-state index is -3.72. The first-order valence-corrected chi connectivity index (χ1v) is 8.80. The first-order valence-electron chi connectivity index (χ1n) is 4.93. The zero-order valence-electron chi connectivity index (χ0n) is 10.2. The second-order valence-electron chi connectivity index (χ2n) is 4.11. The molecular weight excluding hydrogens is 298 g/mol. The molecule has 5 nitrogen and oxygen atoms in total. The maximum absolute atomic E-state index is 12.1. The van der Waals surface area contributed by atoms with Crippen LogP contribution in [0.2, 0.25) is 5.02 Å². The van der Waals surface area contributed by atoms with E-state index >= 15 is 0 Å². The Morgan fingerprint density at radius 1 is 1.17 bits per heavy atom. The summed E-state index contributed by atoms with van der Waals surface area (Å²) < 4.78 is 47.7. The highest BCUT2D eigenvalue weighted by Gasteiger charge is 2.23. The van der Waals surface area contributed by atoms with E-state index in [9.17, 15) is 16.8 Å². The fraction of sp³-hybridized carbons (Fsp3) is 0.400. The summed E-state index contributed by atoms with van der Waals surface area (Å²) in [4.78, 5) is -0.0783. The third kappa shape index (κ3) is 3.68. The molecule has 1 aromatic rings. The van der Waals surface area contributed by atoms with Crippen LogP contribution < -0.4 is 0 Å². The molecule has 0 aliphatic carbocycles. The Balaban J connectivity index is 3.47. The third-order valence-electron chi connectivity index (χ3n) is 2.21. The van der Waals surface area contributed by atoms with Gasteiger partial charge in [-0.3, -0.25) is 0 Å². The molecule has 0 fully saturated rings. The summed E-state index contributed by atoms with van der Waals surface area (Å²) in [5, 5.41) is 0.243. The Kier molecular flexibility index (Phi) is 4.42. The van der Waals surface area contributed by atoms with Gasteiger partial charge in [0.05, 0.1) is 10.6 Å². The van der Waals surface area contributed by atoms with Gasteiger partial charge in [0.2, 0.25) is 10.0 Å².